The van der Waals surface area contributed by atoms with Crippen LogP contribution in [0.4, 0.5) is 4.39 Å². The van der Waals surface area contributed by atoms with Crippen LogP contribution >= 0.6 is 15.9 Å². The molecule has 0 N–H and O–H groups in total. The van der Waals surface area contributed by atoms with Crippen LogP contribution in [0, 0.1) is 11.2 Å². The fraction of sp³-hybridized carbons (Fsp3) is 0.571. The standard InChI is InChI=1S/C14H21BrFN/c1-11(12-7-5-6-8-13(12)16)17(4)10-14(2,3)9-15/h5-8,11H,9-10H2,1-4H3. The Balaban J connectivity index is 2.77. The number of nitrogens with zero attached hydrogens (tertiary/aromatic N) is 1. The van der Waals surface area contributed by atoms with Crippen LogP contribution in [0.1, 0.15) is 32.4 Å². The molecule has 1 atom stereocenters. The predicted molar refractivity (Wildman–Crippen MR) is 75.0 cm³/mol. The van der Waals surface area contributed by atoms with E-state index in [1.165, 1.54) is 6.07 Å². The van der Waals surface area contributed by atoms with Crippen LogP contribution < -0.4 is 0 Å². The lowest BCUT2D eigenvalue weighted by Crippen LogP contribution is -2.34. The molecule has 1 nitrogen and oxygen atoms in total. The van der Waals surface area contributed by atoms with E-state index in [9.17, 15) is 4.39 Å². The molecular formula is C14H21BrFN. The van der Waals surface area contributed by atoms with Gasteiger partial charge in [-0.25, -0.2) is 4.39 Å². The molecule has 0 aliphatic rings. The van der Waals surface area contributed by atoms with Crippen molar-refractivity contribution >= 4 is 15.9 Å². The smallest absolute Gasteiger partial charge is 0.127 e. The molecule has 0 saturated carbocycles. The first kappa shape index (κ1) is 14.7. The van der Waals surface area contributed by atoms with Crippen LogP contribution in [0.3, 0.4) is 0 Å². The van der Waals surface area contributed by atoms with E-state index in [0.717, 1.165) is 17.4 Å². The van der Waals surface area contributed by atoms with Crippen LogP contribution in [0.5, 0.6) is 0 Å². The van der Waals surface area contributed by atoms with Crippen molar-refractivity contribution in [3.8, 4) is 0 Å². The highest BCUT2D eigenvalue weighted by Crippen LogP contribution is 2.26. The molecule has 0 saturated heterocycles. The summed E-state index contributed by atoms with van der Waals surface area (Å²) >= 11 is 3.52. The van der Waals surface area contributed by atoms with Crippen molar-refractivity contribution < 1.29 is 4.39 Å². The van der Waals surface area contributed by atoms with Crippen molar-refractivity contribution in [2.24, 2.45) is 5.41 Å². The van der Waals surface area contributed by atoms with Gasteiger partial charge in [0.1, 0.15) is 5.82 Å². The predicted octanol–water partition coefficient (Wildman–Crippen LogP) is 4.24. The summed E-state index contributed by atoms with van der Waals surface area (Å²) in [6.45, 7) is 7.37. The fourth-order valence-corrected chi connectivity index (χ4v) is 2.08. The number of hydrogen-bond donors (Lipinski definition) is 0. The third-order valence-electron chi connectivity index (χ3n) is 3.06. The molecule has 1 rings (SSSR count). The molecular weight excluding hydrogens is 281 g/mol. The van der Waals surface area contributed by atoms with Crippen molar-refractivity contribution in [2.45, 2.75) is 26.8 Å². The Morgan fingerprint density at radius 2 is 1.94 bits per heavy atom. The van der Waals surface area contributed by atoms with Gasteiger partial charge in [-0.3, -0.25) is 4.90 Å². The monoisotopic (exact) mass is 301 g/mol. The Labute approximate surface area is 112 Å². The quantitative estimate of drug-likeness (QED) is 0.735. The highest BCUT2D eigenvalue weighted by molar-refractivity contribution is 9.09. The van der Waals surface area contributed by atoms with E-state index in [0.29, 0.717) is 0 Å². The minimum atomic E-state index is -0.122. The number of alkyl halides is 1. The molecule has 17 heavy (non-hydrogen) atoms. The lowest BCUT2D eigenvalue weighted by Gasteiger charge is -2.33. The second-order valence-electron chi connectivity index (χ2n) is 5.41. The average Bonchev–Trinajstić information content (AvgIpc) is 2.28. The molecule has 0 aliphatic heterocycles. The minimum Gasteiger partial charge on any atom is -0.299 e. The lowest BCUT2D eigenvalue weighted by molar-refractivity contribution is 0.183. The zero-order chi connectivity index (χ0) is 13.1. The number of halogens is 2. The van der Waals surface area contributed by atoms with Gasteiger partial charge in [-0.15, -0.1) is 0 Å². The van der Waals surface area contributed by atoms with Crippen LogP contribution in [0.15, 0.2) is 24.3 Å². The molecule has 0 spiro atoms. The summed E-state index contributed by atoms with van der Waals surface area (Å²) in [5, 5.41) is 0.939. The molecule has 0 fully saturated rings. The molecule has 96 valence electrons. The normalized spacial score (nSPS) is 14.1. The highest BCUT2D eigenvalue weighted by Gasteiger charge is 2.23. The van der Waals surface area contributed by atoms with Gasteiger partial charge in [-0.05, 0) is 25.5 Å². The van der Waals surface area contributed by atoms with Crippen LogP contribution in [0.25, 0.3) is 0 Å². The minimum absolute atomic E-state index is 0.0922. The van der Waals surface area contributed by atoms with Gasteiger partial charge in [0, 0.05) is 23.5 Å². The Hall–Kier alpha value is -0.410. The van der Waals surface area contributed by atoms with E-state index < -0.39 is 0 Å². The first-order valence-corrected chi connectivity index (χ1v) is 7.00. The third kappa shape index (κ3) is 4.07. The molecule has 1 unspecified atom stereocenters. The van der Waals surface area contributed by atoms with Gasteiger partial charge < -0.3 is 0 Å². The summed E-state index contributed by atoms with van der Waals surface area (Å²) in [5.74, 6) is -0.122. The number of benzene rings is 1. The summed E-state index contributed by atoms with van der Waals surface area (Å²) in [5.41, 5.74) is 0.953. The van der Waals surface area contributed by atoms with Crippen molar-refractivity contribution in [3.63, 3.8) is 0 Å². The third-order valence-corrected chi connectivity index (χ3v) is 4.57. The van der Waals surface area contributed by atoms with E-state index in [2.05, 4.69) is 34.7 Å². The lowest BCUT2D eigenvalue weighted by atomic mass is 9.94. The topological polar surface area (TPSA) is 3.24 Å². The summed E-state index contributed by atoms with van der Waals surface area (Å²) in [7, 11) is 2.04. The summed E-state index contributed by atoms with van der Waals surface area (Å²) in [4.78, 5) is 2.19. The van der Waals surface area contributed by atoms with Gasteiger partial charge >= 0.3 is 0 Å². The second-order valence-corrected chi connectivity index (χ2v) is 5.97. The van der Waals surface area contributed by atoms with Gasteiger partial charge in [0.25, 0.3) is 0 Å². The van der Waals surface area contributed by atoms with E-state index >= 15 is 0 Å². The van der Waals surface area contributed by atoms with Gasteiger partial charge in [0.05, 0.1) is 0 Å². The van der Waals surface area contributed by atoms with E-state index in [-0.39, 0.29) is 17.3 Å². The Morgan fingerprint density at radius 1 is 1.35 bits per heavy atom. The van der Waals surface area contributed by atoms with Gasteiger partial charge in [0.2, 0.25) is 0 Å². The molecule has 0 radical (unpaired) electrons. The molecule has 0 aromatic heterocycles. The fourth-order valence-electron chi connectivity index (χ4n) is 1.91. The maximum atomic E-state index is 13.7. The van der Waals surface area contributed by atoms with E-state index in [1.807, 2.05) is 26.1 Å². The Morgan fingerprint density at radius 3 is 2.47 bits per heavy atom. The molecule has 3 heteroatoms. The highest BCUT2D eigenvalue weighted by atomic mass is 79.9. The van der Waals surface area contributed by atoms with Crippen LogP contribution in [-0.4, -0.2) is 23.8 Å². The zero-order valence-electron chi connectivity index (χ0n) is 11.0. The molecule has 0 aliphatic carbocycles. The maximum Gasteiger partial charge on any atom is 0.127 e. The van der Waals surface area contributed by atoms with Gasteiger partial charge in [-0.2, -0.15) is 0 Å². The molecule has 0 heterocycles. The molecule has 1 aromatic carbocycles. The van der Waals surface area contributed by atoms with Crippen molar-refractivity contribution in [3.05, 3.63) is 35.6 Å². The number of rotatable bonds is 5. The number of hydrogen-bond acceptors (Lipinski definition) is 1. The first-order chi connectivity index (χ1) is 7.87. The molecule has 1 aromatic rings. The maximum absolute atomic E-state index is 13.7. The van der Waals surface area contributed by atoms with Gasteiger partial charge in [0.15, 0.2) is 0 Å². The van der Waals surface area contributed by atoms with Crippen molar-refractivity contribution in [2.75, 3.05) is 18.9 Å². The summed E-state index contributed by atoms with van der Waals surface area (Å²) in [6.07, 6.45) is 0. The summed E-state index contributed by atoms with van der Waals surface area (Å²) in [6, 6.07) is 7.09. The van der Waals surface area contributed by atoms with Gasteiger partial charge in [-0.1, -0.05) is 48.0 Å². The van der Waals surface area contributed by atoms with E-state index in [4.69, 9.17) is 0 Å². The van der Waals surface area contributed by atoms with Crippen LogP contribution in [0.2, 0.25) is 0 Å². The van der Waals surface area contributed by atoms with Crippen LogP contribution in [-0.2, 0) is 0 Å². The second kappa shape index (κ2) is 5.96. The Kier molecular flexibility index (Phi) is 5.14. The SMILES string of the molecule is CC(c1ccccc1F)N(C)CC(C)(C)CBr. The Bertz CT molecular complexity index is 365. The largest absolute Gasteiger partial charge is 0.299 e. The molecule has 0 amide bonds. The zero-order valence-corrected chi connectivity index (χ0v) is 12.6. The van der Waals surface area contributed by atoms with Crippen molar-refractivity contribution in [1.29, 1.82) is 0 Å². The average molecular weight is 302 g/mol. The molecule has 0 bridgehead atoms. The first-order valence-electron chi connectivity index (χ1n) is 5.88. The van der Waals surface area contributed by atoms with E-state index in [1.54, 1.807) is 6.07 Å². The van der Waals surface area contributed by atoms with Crippen molar-refractivity contribution in [1.82, 2.24) is 4.90 Å². The summed E-state index contributed by atoms with van der Waals surface area (Å²) < 4.78 is 13.7.